The lowest BCUT2D eigenvalue weighted by molar-refractivity contribution is -0.384. The minimum absolute atomic E-state index is 0.114. The molecule has 0 aliphatic carbocycles. The van der Waals surface area contributed by atoms with E-state index in [1.807, 2.05) is 5.43 Å². The summed E-state index contributed by atoms with van der Waals surface area (Å²) < 4.78 is 77.1. The molecule has 0 radical (unpaired) electrons. The van der Waals surface area contributed by atoms with Crippen molar-refractivity contribution in [2.45, 2.75) is 12.4 Å². The fraction of sp³-hybridized carbons (Fsp3) is 0.125. The minimum atomic E-state index is -5.27. The van der Waals surface area contributed by atoms with Gasteiger partial charge >= 0.3 is 12.4 Å². The van der Waals surface area contributed by atoms with Crippen molar-refractivity contribution in [1.29, 1.82) is 0 Å². The zero-order chi connectivity index (χ0) is 22.0. The first kappa shape index (κ1) is 21.7. The number of amides is 1. The summed E-state index contributed by atoms with van der Waals surface area (Å²) in [4.78, 5) is 21.7. The van der Waals surface area contributed by atoms with Crippen LogP contribution in [0.25, 0.3) is 0 Å². The van der Waals surface area contributed by atoms with Crippen LogP contribution in [0.5, 0.6) is 5.75 Å². The van der Waals surface area contributed by atoms with Gasteiger partial charge in [-0.25, -0.2) is 5.43 Å². The molecule has 0 saturated carbocycles. The van der Waals surface area contributed by atoms with Gasteiger partial charge in [0.2, 0.25) is 0 Å². The number of nitro groups is 1. The molecule has 1 amide bonds. The van der Waals surface area contributed by atoms with E-state index in [1.165, 1.54) is 0 Å². The number of hydrogen-bond donors (Lipinski definition) is 2. The lowest BCUT2D eigenvalue weighted by Crippen LogP contribution is -2.18. The molecule has 2 aromatic carbocycles. The summed E-state index contributed by atoms with van der Waals surface area (Å²) in [7, 11) is 0. The van der Waals surface area contributed by atoms with Gasteiger partial charge in [0, 0.05) is 23.3 Å². The molecule has 29 heavy (non-hydrogen) atoms. The maximum atomic E-state index is 12.9. The third-order valence-corrected chi connectivity index (χ3v) is 3.48. The summed E-state index contributed by atoms with van der Waals surface area (Å²) >= 11 is 0. The van der Waals surface area contributed by atoms with Crippen molar-refractivity contribution in [2.75, 3.05) is 0 Å². The number of hydrogen-bond acceptors (Lipinski definition) is 5. The number of non-ortho nitro benzene ring substituents is 1. The largest absolute Gasteiger partial charge is 0.507 e. The van der Waals surface area contributed by atoms with Gasteiger partial charge in [0.15, 0.2) is 0 Å². The molecule has 2 aromatic rings. The van der Waals surface area contributed by atoms with E-state index in [-0.39, 0.29) is 23.4 Å². The van der Waals surface area contributed by atoms with Crippen LogP contribution in [0.3, 0.4) is 0 Å². The zero-order valence-electron chi connectivity index (χ0n) is 13.9. The van der Waals surface area contributed by atoms with Crippen molar-refractivity contribution in [2.24, 2.45) is 5.10 Å². The molecule has 0 unspecified atom stereocenters. The van der Waals surface area contributed by atoms with Gasteiger partial charge < -0.3 is 5.11 Å². The summed E-state index contributed by atoms with van der Waals surface area (Å²) in [6.45, 7) is 0. The Morgan fingerprint density at radius 2 is 1.66 bits per heavy atom. The second-order valence-corrected chi connectivity index (χ2v) is 5.46. The Kier molecular flexibility index (Phi) is 5.80. The van der Waals surface area contributed by atoms with E-state index in [1.54, 1.807) is 0 Å². The lowest BCUT2D eigenvalue weighted by atomic mass is 10.0. The highest BCUT2D eigenvalue weighted by Gasteiger charge is 2.39. The first-order chi connectivity index (χ1) is 13.3. The van der Waals surface area contributed by atoms with Gasteiger partial charge in [-0.15, -0.1) is 0 Å². The van der Waals surface area contributed by atoms with Crippen LogP contribution in [0.4, 0.5) is 32.0 Å². The number of aromatic hydroxyl groups is 1. The van der Waals surface area contributed by atoms with E-state index in [2.05, 4.69) is 5.10 Å². The molecule has 0 fully saturated rings. The number of rotatable bonds is 4. The Labute approximate surface area is 157 Å². The number of nitrogens with zero attached hydrogens (tertiary/aromatic N) is 2. The number of phenols is 1. The first-order valence-corrected chi connectivity index (χ1v) is 7.40. The predicted molar refractivity (Wildman–Crippen MR) is 86.3 cm³/mol. The van der Waals surface area contributed by atoms with Gasteiger partial charge in [0.1, 0.15) is 5.75 Å². The van der Waals surface area contributed by atoms with E-state index in [4.69, 9.17) is 0 Å². The van der Waals surface area contributed by atoms with Crippen LogP contribution in [0.1, 0.15) is 27.0 Å². The average Bonchev–Trinajstić information content (AvgIpc) is 2.61. The Balaban J connectivity index is 2.29. The summed E-state index contributed by atoms with van der Waals surface area (Å²) in [5.74, 6) is -2.45. The standard InChI is InChI=1S/C16H9F6N3O4/c17-15(18,19)10-5-9(13(26)12(6-10)16(20,21)22)7-23-24-14(27)8-1-3-11(4-2-8)25(28)29/h1-7,26H,(H,24,27)/b23-7+. The summed E-state index contributed by atoms with van der Waals surface area (Å²) in [6, 6.07) is 4.12. The van der Waals surface area contributed by atoms with Crippen LogP contribution in [0.2, 0.25) is 0 Å². The fourth-order valence-corrected chi connectivity index (χ4v) is 2.09. The van der Waals surface area contributed by atoms with E-state index < -0.39 is 45.6 Å². The monoisotopic (exact) mass is 421 g/mol. The number of carbonyl (C=O) groups is 1. The molecular weight excluding hydrogens is 412 g/mol. The van der Waals surface area contributed by atoms with Crippen LogP contribution in [0, 0.1) is 10.1 Å². The van der Waals surface area contributed by atoms with E-state index in [0.29, 0.717) is 6.21 Å². The molecule has 0 saturated heterocycles. The summed E-state index contributed by atoms with van der Waals surface area (Å²) in [5.41, 5.74) is -3.12. The Morgan fingerprint density at radius 1 is 1.07 bits per heavy atom. The number of alkyl halides is 6. The number of nitrogens with one attached hydrogen (secondary N) is 1. The smallest absolute Gasteiger partial charge is 0.419 e. The molecule has 0 atom stereocenters. The molecular formula is C16H9F6N3O4. The van der Waals surface area contributed by atoms with Crippen LogP contribution in [0.15, 0.2) is 41.5 Å². The Morgan fingerprint density at radius 3 is 2.14 bits per heavy atom. The molecule has 0 heterocycles. The number of phenolic OH excluding ortho intramolecular Hbond substituents is 1. The maximum Gasteiger partial charge on any atom is 0.419 e. The highest BCUT2D eigenvalue weighted by Crippen LogP contribution is 2.41. The van der Waals surface area contributed by atoms with E-state index in [9.17, 15) is 46.4 Å². The molecule has 2 rings (SSSR count). The van der Waals surface area contributed by atoms with Crippen molar-refractivity contribution in [3.05, 3.63) is 68.8 Å². The van der Waals surface area contributed by atoms with Gasteiger partial charge in [-0.05, 0) is 24.3 Å². The summed E-state index contributed by atoms with van der Waals surface area (Å²) in [5, 5.41) is 23.4. The normalized spacial score (nSPS) is 12.2. The Bertz CT molecular complexity index is 968. The number of carbonyl (C=O) groups excluding carboxylic acids is 1. The second-order valence-electron chi connectivity index (χ2n) is 5.46. The third kappa shape index (κ3) is 5.21. The molecule has 0 bridgehead atoms. The van der Waals surface area contributed by atoms with Gasteiger partial charge in [0.05, 0.1) is 22.3 Å². The molecule has 0 aliphatic heterocycles. The van der Waals surface area contributed by atoms with Crippen molar-refractivity contribution in [3.63, 3.8) is 0 Å². The van der Waals surface area contributed by atoms with Crippen molar-refractivity contribution < 1.29 is 41.2 Å². The SMILES string of the molecule is O=C(N/N=C/c1cc(C(F)(F)F)cc(C(F)(F)F)c1O)c1ccc([N+](=O)[O-])cc1. The number of nitro benzene ring substituents is 1. The highest BCUT2D eigenvalue weighted by molar-refractivity contribution is 5.95. The zero-order valence-corrected chi connectivity index (χ0v) is 13.9. The third-order valence-electron chi connectivity index (χ3n) is 3.48. The second kappa shape index (κ2) is 7.77. The molecule has 2 N–H and O–H groups in total. The molecule has 0 aliphatic rings. The van der Waals surface area contributed by atoms with Crippen LogP contribution in [-0.4, -0.2) is 22.2 Å². The van der Waals surface area contributed by atoms with Crippen molar-refractivity contribution >= 4 is 17.8 Å². The van der Waals surface area contributed by atoms with E-state index in [0.717, 1.165) is 24.3 Å². The number of halogens is 6. The first-order valence-electron chi connectivity index (χ1n) is 7.40. The predicted octanol–water partition coefficient (Wildman–Crippen LogP) is 4.10. The van der Waals surface area contributed by atoms with Crippen LogP contribution in [-0.2, 0) is 12.4 Å². The highest BCUT2D eigenvalue weighted by atomic mass is 19.4. The molecule has 13 heteroatoms. The van der Waals surface area contributed by atoms with Crippen molar-refractivity contribution in [1.82, 2.24) is 5.43 Å². The van der Waals surface area contributed by atoms with Crippen LogP contribution < -0.4 is 5.43 Å². The molecule has 154 valence electrons. The number of benzene rings is 2. The topological polar surface area (TPSA) is 105 Å². The Hall–Kier alpha value is -3.64. The quantitative estimate of drug-likeness (QED) is 0.336. The van der Waals surface area contributed by atoms with Gasteiger partial charge in [0.25, 0.3) is 11.6 Å². The van der Waals surface area contributed by atoms with Gasteiger partial charge in [-0.3, -0.25) is 14.9 Å². The molecule has 0 aromatic heterocycles. The number of hydrazone groups is 1. The maximum absolute atomic E-state index is 12.9. The van der Waals surface area contributed by atoms with Crippen LogP contribution >= 0.6 is 0 Å². The van der Waals surface area contributed by atoms with Gasteiger partial charge in [-0.1, -0.05) is 0 Å². The summed E-state index contributed by atoms with van der Waals surface area (Å²) in [6.07, 6.45) is -9.99. The average molecular weight is 421 g/mol. The van der Waals surface area contributed by atoms with Gasteiger partial charge in [-0.2, -0.15) is 31.4 Å². The van der Waals surface area contributed by atoms with E-state index >= 15 is 0 Å². The van der Waals surface area contributed by atoms with Crippen molar-refractivity contribution in [3.8, 4) is 5.75 Å². The fourth-order valence-electron chi connectivity index (χ4n) is 2.09. The molecule has 7 nitrogen and oxygen atoms in total. The lowest BCUT2D eigenvalue weighted by Gasteiger charge is -2.15. The minimum Gasteiger partial charge on any atom is -0.507 e. The molecule has 0 spiro atoms.